The molecule has 1 saturated heterocycles. The molecule has 0 amide bonds. The Bertz CT molecular complexity index is 714. The number of nitrogens with zero attached hydrogens (tertiary/aromatic N) is 1. The Morgan fingerprint density at radius 1 is 1.25 bits per heavy atom. The molecule has 1 aliphatic heterocycles. The predicted octanol–water partition coefficient (Wildman–Crippen LogP) is 3.80. The number of carbonyl (C=O) groups excluding carboxylic acids is 1. The molecule has 5 nitrogen and oxygen atoms in total. The Labute approximate surface area is 141 Å². The van der Waals surface area contributed by atoms with Crippen molar-refractivity contribution in [3.63, 3.8) is 0 Å². The lowest BCUT2D eigenvalue weighted by molar-refractivity contribution is 0.0172. The molecule has 126 valence electrons. The van der Waals surface area contributed by atoms with Gasteiger partial charge in [0.1, 0.15) is 11.9 Å². The maximum atomic E-state index is 12.6. The van der Waals surface area contributed by atoms with Crippen LogP contribution >= 0.6 is 0 Å². The largest absolute Gasteiger partial charge is 0.457 e. The molecular weight excluding hydrogens is 306 g/mol. The highest BCUT2D eigenvalue weighted by atomic mass is 16.5. The molecule has 1 aromatic carbocycles. The molecule has 0 bridgehead atoms. The Kier molecular flexibility index (Phi) is 4.10. The van der Waals surface area contributed by atoms with Gasteiger partial charge in [0.2, 0.25) is 5.89 Å². The van der Waals surface area contributed by atoms with E-state index in [-0.39, 0.29) is 18.0 Å². The summed E-state index contributed by atoms with van der Waals surface area (Å²) < 4.78 is 16.9. The first-order valence-electron chi connectivity index (χ1n) is 8.57. The summed E-state index contributed by atoms with van der Waals surface area (Å²) in [5.41, 5.74) is 1.21. The van der Waals surface area contributed by atoms with Crippen molar-refractivity contribution in [3.8, 4) is 11.5 Å². The lowest BCUT2D eigenvalue weighted by Gasteiger charge is -2.17. The molecule has 5 heteroatoms. The number of esters is 1. The smallest absolute Gasteiger partial charge is 0.360 e. The first-order chi connectivity index (χ1) is 11.7. The molecule has 4 rings (SSSR count). The fourth-order valence-electron chi connectivity index (χ4n) is 3.05. The van der Waals surface area contributed by atoms with E-state index in [0.29, 0.717) is 29.9 Å². The highest BCUT2D eigenvalue weighted by molar-refractivity contribution is 5.89. The summed E-state index contributed by atoms with van der Waals surface area (Å²) in [5, 5.41) is 0. The van der Waals surface area contributed by atoms with Crippen LogP contribution in [0.15, 0.2) is 34.7 Å². The minimum atomic E-state index is -0.387. The SMILES string of the molecule is C[C@H](OC(=O)c1nc(-c2ccccc2)oc1C1CC1)[C@@H]1CCOC1. The second kappa shape index (κ2) is 6.40. The number of rotatable bonds is 5. The van der Waals surface area contributed by atoms with E-state index in [4.69, 9.17) is 13.9 Å². The Balaban J connectivity index is 1.57. The number of hydrogen-bond donors (Lipinski definition) is 0. The van der Waals surface area contributed by atoms with Crippen LogP contribution in [0.25, 0.3) is 11.5 Å². The van der Waals surface area contributed by atoms with Crippen LogP contribution in [0.5, 0.6) is 0 Å². The van der Waals surface area contributed by atoms with Crippen molar-refractivity contribution in [3.05, 3.63) is 41.8 Å². The first kappa shape index (κ1) is 15.4. The first-order valence-corrected chi connectivity index (χ1v) is 8.57. The third kappa shape index (κ3) is 3.08. The van der Waals surface area contributed by atoms with Gasteiger partial charge in [-0.15, -0.1) is 0 Å². The third-order valence-corrected chi connectivity index (χ3v) is 4.74. The molecule has 1 saturated carbocycles. The zero-order valence-corrected chi connectivity index (χ0v) is 13.7. The van der Waals surface area contributed by atoms with Crippen LogP contribution < -0.4 is 0 Å². The second-order valence-corrected chi connectivity index (χ2v) is 6.61. The van der Waals surface area contributed by atoms with Crippen LogP contribution in [0.3, 0.4) is 0 Å². The summed E-state index contributed by atoms with van der Waals surface area (Å²) in [4.78, 5) is 17.1. The van der Waals surface area contributed by atoms with Gasteiger partial charge in [0.05, 0.1) is 6.61 Å². The summed E-state index contributed by atoms with van der Waals surface area (Å²) in [6.45, 7) is 3.31. The fourth-order valence-corrected chi connectivity index (χ4v) is 3.05. The zero-order valence-electron chi connectivity index (χ0n) is 13.7. The van der Waals surface area contributed by atoms with Crippen LogP contribution in [0.1, 0.15) is 48.4 Å². The molecule has 2 aromatic rings. The minimum Gasteiger partial charge on any atom is -0.457 e. The van der Waals surface area contributed by atoms with Gasteiger partial charge in [-0.25, -0.2) is 9.78 Å². The lowest BCUT2D eigenvalue weighted by Crippen LogP contribution is -2.25. The Hall–Kier alpha value is -2.14. The lowest BCUT2D eigenvalue weighted by atomic mass is 10.0. The third-order valence-electron chi connectivity index (χ3n) is 4.74. The molecule has 2 aliphatic rings. The second-order valence-electron chi connectivity index (χ2n) is 6.61. The van der Waals surface area contributed by atoms with Crippen molar-refractivity contribution < 1.29 is 18.7 Å². The van der Waals surface area contributed by atoms with Crippen LogP contribution in [-0.2, 0) is 9.47 Å². The summed E-state index contributed by atoms with van der Waals surface area (Å²) in [6.07, 6.45) is 2.83. The van der Waals surface area contributed by atoms with Gasteiger partial charge in [-0.05, 0) is 38.3 Å². The van der Waals surface area contributed by atoms with Gasteiger partial charge in [0, 0.05) is 24.0 Å². The Morgan fingerprint density at radius 3 is 2.71 bits per heavy atom. The topological polar surface area (TPSA) is 61.6 Å². The maximum Gasteiger partial charge on any atom is 0.360 e. The van der Waals surface area contributed by atoms with Crippen LogP contribution in [0.4, 0.5) is 0 Å². The summed E-state index contributed by atoms with van der Waals surface area (Å²) >= 11 is 0. The average Bonchev–Trinajstić information content (AvgIpc) is 3.14. The van der Waals surface area contributed by atoms with Crippen molar-refractivity contribution in [2.75, 3.05) is 13.2 Å². The number of carbonyl (C=O) groups is 1. The molecule has 0 N–H and O–H groups in total. The molecule has 0 radical (unpaired) electrons. The van der Waals surface area contributed by atoms with E-state index in [1.165, 1.54) is 0 Å². The molecule has 2 atom stereocenters. The quantitative estimate of drug-likeness (QED) is 0.782. The van der Waals surface area contributed by atoms with Crippen LogP contribution in [0, 0.1) is 5.92 Å². The van der Waals surface area contributed by atoms with Gasteiger partial charge < -0.3 is 13.9 Å². The molecule has 2 fully saturated rings. The minimum absolute atomic E-state index is 0.177. The molecule has 1 aliphatic carbocycles. The van der Waals surface area contributed by atoms with Crippen molar-refractivity contribution in [1.29, 1.82) is 0 Å². The van der Waals surface area contributed by atoms with Crippen molar-refractivity contribution >= 4 is 5.97 Å². The molecule has 1 aromatic heterocycles. The summed E-state index contributed by atoms with van der Waals surface area (Å²) in [6, 6.07) is 9.65. The molecule has 0 unspecified atom stereocenters. The van der Waals surface area contributed by atoms with E-state index in [1.807, 2.05) is 37.3 Å². The Morgan fingerprint density at radius 2 is 2.04 bits per heavy atom. The van der Waals surface area contributed by atoms with Gasteiger partial charge in [0.15, 0.2) is 5.69 Å². The maximum absolute atomic E-state index is 12.6. The standard InChI is InChI=1S/C19H21NO4/c1-12(15-9-10-22-11-15)23-19(21)16-17(13-7-8-13)24-18(20-16)14-5-3-2-4-6-14/h2-6,12-13,15H,7-11H2,1H3/t12-,15+/m0/s1. The molecule has 2 heterocycles. The van der Waals surface area contributed by atoms with E-state index in [1.54, 1.807) is 0 Å². The van der Waals surface area contributed by atoms with Gasteiger partial charge in [0.25, 0.3) is 0 Å². The van der Waals surface area contributed by atoms with Gasteiger partial charge in [-0.2, -0.15) is 0 Å². The highest BCUT2D eigenvalue weighted by Crippen LogP contribution is 2.43. The number of ether oxygens (including phenoxy) is 2. The van der Waals surface area contributed by atoms with E-state index < -0.39 is 0 Å². The van der Waals surface area contributed by atoms with Gasteiger partial charge >= 0.3 is 5.97 Å². The van der Waals surface area contributed by atoms with Crippen molar-refractivity contribution in [2.24, 2.45) is 5.92 Å². The normalized spacial score (nSPS) is 21.6. The average molecular weight is 327 g/mol. The monoisotopic (exact) mass is 327 g/mol. The zero-order chi connectivity index (χ0) is 16.5. The van der Waals surface area contributed by atoms with Crippen LogP contribution in [0.2, 0.25) is 0 Å². The van der Waals surface area contributed by atoms with E-state index in [2.05, 4.69) is 4.98 Å². The predicted molar refractivity (Wildman–Crippen MR) is 87.7 cm³/mol. The van der Waals surface area contributed by atoms with Crippen molar-refractivity contribution in [2.45, 2.75) is 38.2 Å². The highest BCUT2D eigenvalue weighted by Gasteiger charge is 2.36. The van der Waals surface area contributed by atoms with E-state index >= 15 is 0 Å². The van der Waals surface area contributed by atoms with Gasteiger partial charge in [-0.1, -0.05) is 18.2 Å². The fraction of sp³-hybridized carbons (Fsp3) is 0.474. The number of aromatic nitrogens is 1. The number of hydrogen-bond acceptors (Lipinski definition) is 5. The molecule has 24 heavy (non-hydrogen) atoms. The summed E-state index contributed by atoms with van der Waals surface area (Å²) in [7, 11) is 0. The van der Waals surface area contributed by atoms with Gasteiger partial charge in [-0.3, -0.25) is 0 Å². The van der Waals surface area contributed by atoms with E-state index in [0.717, 1.165) is 31.4 Å². The molecular formula is C19H21NO4. The summed E-state index contributed by atoms with van der Waals surface area (Å²) in [5.74, 6) is 1.33. The molecule has 0 spiro atoms. The number of benzene rings is 1. The van der Waals surface area contributed by atoms with E-state index in [9.17, 15) is 4.79 Å². The number of oxazole rings is 1. The van der Waals surface area contributed by atoms with Crippen LogP contribution in [-0.4, -0.2) is 30.3 Å². The van der Waals surface area contributed by atoms with Crippen molar-refractivity contribution in [1.82, 2.24) is 4.98 Å².